The summed E-state index contributed by atoms with van der Waals surface area (Å²) in [6.45, 7) is 4.16. The second-order valence-corrected chi connectivity index (χ2v) is 3.84. The van der Waals surface area contributed by atoms with Crippen LogP contribution in [0.4, 0.5) is 5.82 Å². The lowest BCUT2D eigenvalue weighted by molar-refractivity contribution is -0.139. The number of hydrogen-bond donors (Lipinski definition) is 0. The molecule has 0 unspecified atom stereocenters. The summed E-state index contributed by atoms with van der Waals surface area (Å²) in [6, 6.07) is 5.59. The summed E-state index contributed by atoms with van der Waals surface area (Å²) in [7, 11) is 2.94. The van der Waals surface area contributed by atoms with Crippen molar-refractivity contribution in [3.8, 4) is 5.88 Å². The molecular weight excluding hydrogens is 220 g/mol. The van der Waals surface area contributed by atoms with E-state index in [1.54, 1.807) is 13.2 Å². The van der Waals surface area contributed by atoms with Gasteiger partial charge >= 0.3 is 5.97 Å². The number of nitrogens with zero attached hydrogens (tertiary/aromatic N) is 2. The van der Waals surface area contributed by atoms with Gasteiger partial charge in [-0.25, -0.2) is 0 Å². The maximum atomic E-state index is 11.3. The molecule has 5 heteroatoms. The monoisotopic (exact) mass is 238 g/mol. The Morgan fingerprint density at radius 3 is 2.65 bits per heavy atom. The summed E-state index contributed by atoms with van der Waals surface area (Å²) in [4.78, 5) is 17.5. The Morgan fingerprint density at radius 2 is 2.12 bits per heavy atom. The van der Waals surface area contributed by atoms with E-state index in [0.717, 1.165) is 0 Å². The fourth-order valence-corrected chi connectivity index (χ4v) is 1.41. The summed E-state index contributed by atoms with van der Waals surface area (Å²) in [5.41, 5.74) is 0. The van der Waals surface area contributed by atoms with Gasteiger partial charge in [-0.05, 0) is 19.9 Å². The Balaban J connectivity index is 2.92. The van der Waals surface area contributed by atoms with Crippen LogP contribution in [-0.2, 0) is 9.53 Å². The standard InChI is InChI=1S/C12H18N2O3/c1-9(2)14(8-12(15)17-4)10-6-5-7-11(13-10)16-3/h5-7,9H,8H2,1-4H3. The molecule has 0 bridgehead atoms. The fraction of sp³-hybridized carbons (Fsp3) is 0.500. The molecule has 0 aliphatic heterocycles. The Labute approximate surface area is 101 Å². The Bertz CT molecular complexity index is 380. The summed E-state index contributed by atoms with van der Waals surface area (Å²) in [5.74, 6) is 0.936. The lowest BCUT2D eigenvalue weighted by atomic mass is 10.3. The molecule has 0 aliphatic carbocycles. The predicted molar refractivity (Wildman–Crippen MR) is 65.3 cm³/mol. The van der Waals surface area contributed by atoms with Gasteiger partial charge in [0, 0.05) is 12.1 Å². The van der Waals surface area contributed by atoms with Crippen LogP contribution in [0.15, 0.2) is 18.2 Å². The van der Waals surface area contributed by atoms with Gasteiger partial charge in [0.2, 0.25) is 5.88 Å². The molecule has 1 aromatic heterocycles. The van der Waals surface area contributed by atoms with E-state index in [-0.39, 0.29) is 18.6 Å². The first-order valence-electron chi connectivity index (χ1n) is 5.43. The van der Waals surface area contributed by atoms with Crippen molar-refractivity contribution in [3.05, 3.63) is 18.2 Å². The van der Waals surface area contributed by atoms with E-state index in [0.29, 0.717) is 11.7 Å². The molecule has 1 rings (SSSR count). The Kier molecular flexibility index (Phi) is 4.75. The van der Waals surface area contributed by atoms with Crippen LogP contribution >= 0.6 is 0 Å². The second kappa shape index (κ2) is 6.08. The number of carbonyl (C=O) groups is 1. The molecule has 1 aromatic rings. The maximum Gasteiger partial charge on any atom is 0.325 e. The number of esters is 1. The van der Waals surface area contributed by atoms with Crippen molar-refractivity contribution in [2.75, 3.05) is 25.7 Å². The lowest BCUT2D eigenvalue weighted by Crippen LogP contribution is -2.36. The van der Waals surface area contributed by atoms with Crippen LogP contribution in [0.25, 0.3) is 0 Å². The van der Waals surface area contributed by atoms with Gasteiger partial charge in [-0.15, -0.1) is 0 Å². The first kappa shape index (κ1) is 13.3. The zero-order valence-corrected chi connectivity index (χ0v) is 10.6. The number of carbonyl (C=O) groups excluding carboxylic acids is 1. The SMILES string of the molecule is COC(=O)CN(c1cccc(OC)n1)C(C)C. The molecule has 17 heavy (non-hydrogen) atoms. The number of ether oxygens (including phenoxy) is 2. The number of pyridine rings is 1. The van der Waals surface area contributed by atoms with Gasteiger partial charge in [0.15, 0.2) is 0 Å². The molecule has 0 fully saturated rings. The van der Waals surface area contributed by atoms with Gasteiger partial charge in [0.25, 0.3) is 0 Å². The average molecular weight is 238 g/mol. The van der Waals surface area contributed by atoms with E-state index in [1.165, 1.54) is 7.11 Å². The van der Waals surface area contributed by atoms with E-state index >= 15 is 0 Å². The van der Waals surface area contributed by atoms with Gasteiger partial charge in [-0.3, -0.25) is 4.79 Å². The largest absolute Gasteiger partial charge is 0.481 e. The van der Waals surface area contributed by atoms with Crippen LogP contribution < -0.4 is 9.64 Å². The number of rotatable bonds is 5. The Hall–Kier alpha value is -1.78. The third kappa shape index (κ3) is 3.62. The molecule has 94 valence electrons. The molecule has 0 spiro atoms. The van der Waals surface area contributed by atoms with E-state index in [2.05, 4.69) is 9.72 Å². The Morgan fingerprint density at radius 1 is 1.41 bits per heavy atom. The molecule has 0 aromatic carbocycles. The molecule has 0 saturated heterocycles. The van der Waals surface area contributed by atoms with Crippen molar-refractivity contribution in [1.29, 1.82) is 0 Å². The van der Waals surface area contributed by atoms with Crippen LogP contribution in [0.3, 0.4) is 0 Å². The van der Waals surface area contributed by atoms with Crippen molar-refractivity contribution in [1.82, 2.24) is 4.98 Å². The smallest absolute Gasteiger partial charge is 0.325 e. The third-order valence-corrected chi connectivity index (χ3v) is 2.36. The molecule has 0 N–H and O–H groups in total. The minimum absolute atomic E-state index is 0.147. The summed E-state index contributed by atoms with van der Waals surface area (Å²) in [6.07, 6.45) is 0. The zero-order chi connectivity index (χ0) is 12.8. The van der Waals surface area contributed by atoms with Gasteiger partial charge in [-0.1, -0.05) is 6.07 Å². The second-order valence-electron chi connectivity index (χ2n) is 3.84. The molecule has 5 nitrogen and oxygen atoms in total. The molecule has 0 saturated carbocycles. The number of hydrogen-bond acceptors (Lipinski definition) is 5. The minimum atomic E-state index is -0.289. The van der Waals surface area contributed by atoms with Crippen molar-refractivity contribution in [2.45, 2.75) is 19.9 Å². The van der Waals surface area contributed by atoms with E-state index in [9.17, 15) is 4.79 Å². The molecule has 0 atom stereocenters. The normalized spacial score (nSPS) is 10.2. The summed E-state index contributed by atoms with van der Waals surface area (Å²) < 4.78 is 9.73. The summed E-state index contributed by atoms with van der Waals surface area (Å²) >= 11 is 0. The highest BCUT2D eigenvalue weighted by Crippen LogP contribution is 2.17. The molecule has 0 aliphatic rings. The minimum Gasteiger partial charge on any atom is -0.481 e. The van der Waals surface area contributed by atoms with Crippen LogP contribution in [0.5, 0.6) is 5.88 Å². The molecule has 1 heterocycles. The lowest BCUT2D eigenvalue weighted by Gasteiger charge is -2.26. The van der Waals surface area contributed by atoms with Crippen molar-refractivity contribution in [3.63, 3.8) is 0 Å². The highest BCUT2D eigenvalue weighted by atomic mass is 16.5. The van der Waals surface area contributed by atoms with Crippen LogP contribution in [-0.4, -0.2) is 37.8 Å². The van der Waals surface area contributed by atoms with Crippen molar-refractivity contribution in [2.24, 2.45) is 0 Å². The number of methoxy groups -OCH3 is 2. The third-order valence-electron chi connectivity index (χ3n) is 2.36. The van der Waals surface area contributed by atoms with E-state index < -0.39 is 0 Å². The summed E-state index contributed by atoms with van der Waals surface area (Å²) in [5, 5.41) is 0. The van der Waals surface area contributed by atoms with Gasteiger partial charge in [0.1, 0.15) is 12.4 Å². The number of aromatic nitrogens is 1. The zero-order valence-electron chi connectivity index (χ0n) is 10.6. The van der Waals surface area contributed by atoms with Gasteiger partial charge < -0.3 is 14.4 Å². The van der Waals surface area contributed by atoms with Crippen LogP contribution in [0.2, 0.25) is 0 Å². The first-order chi connectivity index (χ1) is 8.08. The van der Waals surface area contributed by atoms with E-state index in [1.807, 2.05) is 30.9 Å². The van der Waals surface area contributed by atoms with Crippen molar-refractivity contribution < 1.29 is 14.3 Å². The highest BCUT2D eigenvalue weighted by Gasteiger charge is 2.16. The quantitative estimate of drug-likeness (QED) is 0.727. The maximum absolute atomic E-state index is 11.3. The average Bonchev–Trinajstić information content (AvgIpc) is 2.35. The topological polar surface area (TPSA) is 51.7 Å². The fourth-order valence-electron chi connectivity index (χ4n) is 1.41. The molecular formula is C12H18N2O3. The van der Waals surface area contributed by atoms with Crippen molar-refractivity contribution >= 4 is 11.8 Å². The highest BCUT2D eigenvalue weighted by molar-refractivity contribution is 5.75. The van der Waals surface area contributed by atoms with Gasteiger partial charge in [0.05, 0.1) is 14.2 Å². The van der Waals surface area contributed by atoms with Crippen LogP contribution in [0.1, 0.15) is 13.8 Å². The first-order valence-corrected chi connectivity index (χ1v) is 5.43. The molecule has 0 radical (unpaired) electrons. The predicted octanol–water partition coefficient (Wildman–Crippen LogP) is 1.48. The molecule has 0 amide bonds. The van der Waals surface area contributed by atoms with Crippen LogP contribution in [0, 0.1) is 0 Å². The van der Waals surface area contributed by atoms with E-state index in [4.69, 9.17) is 4.74 Å². The van der Waals surface area contributed by atoms with Gasteiger partial charge in [-0.2, -0.15) is 4.98 Å². The number of anilines is 1.